The maximum atomic E-state index is 8.78. The van der Waals surface area contributed by atoms with Gasteiger partial charge in [-0.05, 0) is 31.5 Å². The van der Waals surface area contributed by atoms with Crippen molar-refractivity contribution in [2.75, 3.05) is 26.7 Å². The van der Waals surface area contributed by atoms with Crippen LogP contribution in [0.5, 0.6) is 0 Å². The topological polar surface area (TPSA) is 62.4 Å². The molecule has 2 rings (SSSR count). The Labute approximate surface area is 110 Å². The Balaban J connectivity index is 1.81. The second kappa shape index (κ2) is 6.63. The minimum absolute atomic E-state index is 0.194. The van der Waals surface area contributed by atoms with E-state index < -0.39 is 0 Å². The summed E-state index contributed by atoms with van der Waals surface area (Å²) in [6, 6.07) is 3.95. The molecule has 0 saturated carbocycles. The lowest BCUT2D eigenvalue weighted by Crippen LogP contribution is -2.23. The molecule has 1 N–H and O–H groups in total. The van der Waals surface area contributed by atoms with E-state index in [0.29, 0.717) is 18.3 Å². The van der Waals surface area contributed by atoms with Crippen LogP contribution in [0.2, 0.25) is 0 Å². The van der Waals surface area contributed by atoms with Crippen LogP contribution in [-0.4, -0.2) is 46.9 Å². The molecule has 0 aromatic carbocycles. The largest absolute Gasteiger partial charge is 0.395 e. The smallest absolute Gasteiger partial charge is 0.227 e. The van der Waals surface area contributed by atoms with E-state index in [2.05, 4.69) is 15.0 Å². The summed E-state index contributed by atoms with van der Waals surface area (Å²) in [5.74, 6) is 1.35. The highest BCUT2D eigenvalue weighted by Gasteiger charge is 2.09. The number of thiophene rings is 1. The van der Waals surface area contributed by atoms with Gasteiger partial charge >= 0.3 is 0 Å². The Morgan fingerprint density at radius 3 is 3.06 bits per heavy atom. The van der Waals surface area contributed by atoms with E-state index in [-0.39, 0.29) is 6.61 Å². The summed E-state index contributed by atoms with van der Waals surface area (Å²) in [5, 5.41) is 14.7. The number of aryl methyl sites for hydroxylation is 1. The third kappa shape index (κ3) is 3.63. The van der Waals surface area contributed by atoms with Crippen molar-refractivity contribution in [2.45, 2.75) is 12.8 Å². The summed E-state index contributed by atoms with van der Waals surface area (Å²) in [4.78, 5) is 7.47. The molecule has 0 radical (unpaired) electrons. The predicted octanol–water partition coefficient (Wildman–Crippen LogP) is 1.65. The van der Waals surface area contributed by atoms with Gasteiger partial charge in [0.1, 0.15) is 0 Å². The van der Waals surface area contributed by atoms with Crippen LogP contribution in [0.3, 0.4) is 0 Å². The van der Waals surface area contributed by atoms with Crippen LogP contribution >= 0.6 is 11.3 Å². The third-order valence-electron chi connectivity index (χ3n) is 2.62. The summed E-state index contributed by atoms with van der Waals surface area (Å²) in [7, 11) is 1.99. The van der Waals surface area contributed by atoms with Crippen LogP contribution in [-0.2, 0) is 6.42 Å². The van der Waals surface area contributed by atoms with Crippen molar-refractivity contribution in [1.82, 2.24) is 15.0 Å². The molecule has 6 heteroatoms. The lowest BCUT2D eigenvalue weighted by molar-refractivity contribution is 0.219. The van der Waals surface area contributed by atoms with Gasteiger partial charge in [0.15, 0.2) is 0 Å². The number of aliphatic hydroxyl groups is 1. The molecule has 0 aliphatic heterocycles. The van der Waals surface area contributed by atoms with E-state index in [4.69, 9.17) is 9.63 Å². The first-order valence-electron chi connectivity index (χ1n) is 5.95. The molecule has 0 amide bonds. The zero-order chi connectivity index (χ0) is 12.8. The molecule has 2 aromatic heterocycles. The molecule has 0 aliphatic rings. The molecule has 18 heavy (non-hydrogen) atoms. The lowest BCUT2D eigenvalue weighted by Gasteiger charge is -2.13. The molecule has 0 atom stereocenters. The number of likely N-dealkylation sites (N-methyl/N-ethyl adjacent to an activating group) is 1. The quantitative estimate of drug-likeness (QED) is 0.826. The van der Waals surface area contributed by atoms with Crippen molar-refractivity contribution < 1.29 is 9.63 Å². The van der Waals surface area contributed by atoms with Crippen LogP contribution in [0.25, 0.3) is 10.7 Å². The highest BCUT2D eigenvalue weighted by molar-refractivity contribution is 7.13. The second-order valence-electron chi connectivity index (χ2n) is 4.12. The zero-order valence-corrected chi connectivity index (χ0v) is 11.2. The Kier molecular flexibility index (Phi) is 4.86. The maximum absolute atomic E-state index is 8.78. The molecule has 0 spiro atoms. The predicted molar refractivity (Wildman–Crippen MR) is 70.5 cm³/mol. The van der Waals surface area contributed by atoms with E-state index in [0.717, 1.165) is 24.3 Å². The number of hydrogen-bond donors (Lipinski definition) is 1. The Bertz CT molecular complexity index is 456. The van der Waals surface area contributed by atoms with Gasteiger partial charge in [0.05, 0.1) is 11.5 Å². The van der Waals surface area contributed by atoms with Gasteiger partial charge < -0.3 is 14.5 Å². The SMILES string of the molecule is CN(CCO)CCCc1nc(-c2cccs2)no1. The first-order chi connectivity index (χ1) is 8.79. The van der Waals surface area contributed by atoms with Crippen LogP contribution < -0.4 is 0 Å². The molecular weight excluding hydrogens is 250 g/mol. The minimum Gasteiger partial charge on any atom is -0.395 e. The second-order valence-corrected chi connectivity index (χ2v) is 5.07. The summed E-state index contributed by atoms with van der Waals surface area (Å²) in [5.41, 5.74) is 0. The molecule has 2 heterocycles. The summed E-state index contributed by atoms with van der Waals surface area (Å²) in [6.07, 6.45) is 1.72. The average Bonchev–Trinajstić information content (AvgIpc) is 2.99. The first kappa shape index (κ1) is 13.2. The Morgan fingerprint density at radius 1 is 1.44 bits per heavy atom. The first-order valence-corrected chi connectivity index (χ1v) is 6.83. The van der Waals surface area contributed by atoms with Crippen LogP contribution in [0.1, 0.15) is 12.3 Å². The van der Waals surface area contributed by atoms with Gasteiger partial charge in [0, 0.05) is 13.0 Å². The maximum Gasteiger partial charge on any atom is 0.227 e. The number of hydrogen-bond acceptors (Lipinski definition) is 6. The van der Waals surface area contributed by atoms with Crippen LogP contribution in [0, 0.1) is 0 Å². The summed E-state index contributed by atoms with van der Waals surface area (Å²) >= 11 is 1.60. The molecular formula is C12H17N3O2S. The molecule has 0 saturated heterocycles. The number of aromatic nitrogens is 2. The summed E-state index contributed by atoms with van der Waals surface area (Å²) in [6.45, 7) is 1.81. The van der Waals surface area contributed by atoms with Gasteiger partial charge in [-0.3, -0.25) is 0 Å². The van der Waals surface area contributed by atoms with Gasteiger partial charge in [0.2, 0.25) is 11.7 Å². The number of aliphatic hydroxyl groups excluding tert-OH is 1. The molecule has 2 aromatic rings. The van der Waals surface area contributed by atoms with E-state index in [1.54, 1.807) is 11.3 Å². The Morgan fingerprint density at radius 2 is 2.33 bits per heavy atom. The van der Waals surface area contributed by atoms with E-state index in [1.807, 2.05) is 24.6 Å². The zero-order valence-electron chi connectivity index (χ0n) is 10.4. The van der Waals surface area contributed by atoms with Crippen molar-refractivity contribution in [2.24, 2.45) is 0 Å². The van der Waals surface area contributed by atoms with E-state index >= 15 is 0 Å². The van der Waals surface area contributed by atoms with Crippen molar-refractivity contribution in [1.29, 1.82) is 0 Å². The molecule has 0 bridgehead atoms. The highest BCUT2D eigenvalue weighted by atomic mass is 32.1. The average molecular weight is 267 g/mol. The van der Waals surface area contributed by atoms with Gasteiger partial charge in [-0.25, -0.2) is 0 Å². The van der Waals surface area contributed by atoms with Gasteiger partial charge in [0.25, 0.3) is 0 Å². The van der Waals surface area contributed by atoms with E-state index in [9.17, 15) is 0 Å². The number of rotatable bonds is 7. The highest BCUT2D eigenvalue weighted by Crippen LogP contribution is 2.21. The fourth-order valence-electron chi connectivity index (χ4n) is 1.64. The van der Waals surface area contributed by atoms with Crippen LogP contribution in [0.4, 0.5) is 0 Å². The molecule has 5 nitrogen and oxygen atoms in total. The monoisotopic (exact) mass is 267 g/mol. The lowest BCUT2D eigenvalue weighted by atomic mass is 10.3. The van der Waals surface area contributed by atoms with Crippen molar-refractivity contribution in [3.05, 3.63) is 23.4 Å². The molecule has 0 unspecified atom stereocenters. The third-order valence-corrected chi connectivity index (χ3v) is 3.49. The van der Waals surface area contributed by atoms with Crippen molar-refractivity contribution in [3.8, 4) is 10.7 Å². The van der Waals surface area contributed by atoms with Gasteiger partial charge in [-0.2, -0.15) is 4.98 Å². The van der Waals surface area contributed by atoms with Gasteiger partial charge in [-0.1, -0.05) is 11.2 Å². The normalized spacial score (nSPS) is 11.3. The standard InChI is InChI=1S/C12H17N3O2S/c1-15(7-8-16)6-2-5-11-13-12(14-17-11)10-4-3-9-18-10/h3-4,9,16H,2,5-8H2,1H3. The molecule has 0 aliphatic carbocycles. The fourth-order valence-corrected chi connectivity index (χ4v) is 2.29. The van der Waals surface area contributed by atoms with Crippen molar-refractivity contribution in [3.63, 3.8) is 0 Å². The molecule has 98 valence electrons. The fraction of sp³-hybridized carbons (Fsp3) is 0.500. The molecule has 0 fully saturated rings. The van der Waals surface area contributed by atoms with Gasteiger partial charge in [-0.15, -0.1) is 11.3 Å². The van der Waals surface area contributed by atoms with Crippen LogP contribution in [0.15, 0.2) is 22.0 Å². The van der Waals surface area contributed by atoms with E-state index in [1.165, 1.54) is 0 Å². The van der Waals surface area contributed by atoms with Crippen molar-refractivity contribution >= 4 is 11.3 Å². The minimum atomic E-state index is 0.194. The Hall–Kier alpha value is -1.24. The number of nitrogens with zero attached hydrogens (tertiary/aromatic N) is 3. The summed E-state index contributed by atoms with van der Waals surface area (Å²) < 4.78 is 5.21.